The van der Waals surface area contributed by atoms with Gasteiger partial charge < -0.3 is 14.8 Å². The standard InChI is InChI=1S/C17H30N2O3/c20-16(12-15-4-9-22-13-15)18-14-17(5-2-1-3-6-17)19-7-10-21-11-8-19/h15H,1-14H2,(H,18,20)/t15-/m0/s1. The van der Waals surface area contributed by atoms with E-state index in [1.807, 2.05) is 0 Å². The Morgan fingerprint density at radius 1 is 1.09 bits per heavy atom. The summed E-state index contributed by atoms with van der Waals surface area (Å²) in [5.74, 6) is 0.624. The van der Waals surface area contributed by atoms with Crippen LogP contribution in [0.3, 0.4) is 0 Å². The first-order valence-corrected chi connectivity index (χ1v) is 8.96. The highest BCUT2D eigenvalue weighted by Gasteiger charge is 2.38. The van der Waals surface area contributed by atoms with E-state index >= 15 is 0 Å². The van der Waals surface area contributed by atoms with Crippen LogP contribution in [0.2, 0.25) is 0 Å². The van der Waals surface area contributed by atoms with Gasteiger partial charge in [0.2, 0.25) is 5.91 Å². The summed E-state index contributed by atoms with van der Waals surface area (Å²) in [5.41, 5.74) is 0.171. The monoisotopic (exact) mass is 310 g/mol. The van der Waals surface area contributed by atoms with Crippen molar-refractivity contribution in [2.75, 3.05) is 46.1 Å². The molecule has 126 valence electrons. The van der Waals surface area contributed by atoms with E-state index in [1.54, 1.807) is 0 Å². The van der Waals surface area contributed by atoms with Crippen LogP contribution < -0.4 is 5.32 Å². The fraction of sp³-hybridized carbons (Fsp3) is 0.941. The molecular formula is C17H30N2O3. The Balaban J connectivity index is 1.53. The Bertz CT molecular complexity index is 357. The maximum absolute atomic E-state index is 12.3. The van der Waals surface area contributed by atoms with E-state index in [-0.39, 0.29) is 11.4 Å². The summed E-state index contributed by atoms with van der Waals surface area (Å²) in [6.07, 6.45) is 7.97. The van der Waals surface area contributed by atoms with Crippen molar-refractivity contribution in [2.45, 2.75) is 50.5 Å². The Labute approximate surface area is 133 Å². The fourth-order valence-electron chi connectivity index (χ4n) is 4.19. The molecule has 1 aliphatic carbocycles. The molecule has 2 heterocycles. The van der Waals surface area contributed by atoms with E-state index in [4.69, 9.17) is 9.47 Å². The van der Waals surface area contributed by atoms with Crippen molar-refractivity contribution >= 4 is 5.91 Å². The molecule has 3 fully saturated rings. The molecule has 2 saturated heterocycles. The molecular weight excluding hydrogens is 280 g/mol. The lowest BCUT2D eigenvalue weighted by Gasteiger charge is -2.48. The highest BCUT2D eigenvalue weighted by atomic mass is 16.5. The number of carbonyl (C=O) groups is 1. The molecule has 3 rings (SSSR count). The maximum Gasteiger partial charge on any atom is 0.220 e. The minimum absolute atomic E-state index is 0.171. The first-order valence-electron chi connectivity index (χ1n) is 8.96. The molecule has 1 N–H and O–H groups in total. The normalized spacial score (nSPS) is 29.4. The van der Waals surface area contributed by atoms with Crippen LogP contribution in [0.25, 0.3) is 0 Å². The minimum atomic E-state index is 0.171. The van der Waals surface area contributed by atoms with Crippen molar-refractivity contribution in [1.82, 2.24) is 10.2 Å². The summed E-state index contributed by atoms with van der Waals surface area (Å²) in [5, 5.41) is 3.24. The first-order chi connectivity index (χ1) is 10.8. The van der Waals surface area contributed by atoms with Crippen molar-refractivity contribution in [2.24, 2.45) is 5.92 Å². The van der Waals surface area contributed by atoms with Crippen molar-refractivity contribution in [3.63, 3.8) is 0 Å². The number of hydrogen-bond donors (Lipinski definition) is 1. The molecule has 5 nitrogen and oxygen atoms in total. The van der Waals surface area contributed by atoms with Gasteiger partial charge in [-0.05, 0) is 25.2 Å². The summed E-state index contributed by atoms with van der Waals surface area (Å²) in [6.45, 7) is 6.04. The number of rotatable bonds is 5. The molecule has 1 amide bonds. The molecule has 0 aromatic heterocycles. The number of morpholine rings is 1. The lowest BCUT2D eigenvalue weighted by Crippen LogP contribution is -2.59. The Morgan fingerprint density at radius 3 is 2.55 bits per heavy atom. The average molecular weight is 310 g/mol. The number of carbonyl (C=O) groups excluding carboxylic acids is 1. The van der Waals surface area contributed by atoms with Gasteiger partial charge in [0.1, 0.15) is 0 Å². The maximum atomic E-state index is 12.3. The van der Waals surface area contributed by atoms with Crippen molar-refractivity contribution in [1.29, 1.82) is 0 Å². The molecule has 2 aliphatic heterocycles. The predicted molar refractivity (Wildman–Crippen MR) is 84.8 cm³/mol. The van der Waals surface area contributed by atoms with Gasteiger partial charge in [-0.2, -0.15) is 0 Å². The Hall–Kier alpha value is -0.650. The van der Waals surface area contributed by atoms with Crippen LogP contribution in [0, 0.1) is 5.92 Å². The number of amides is 1. The molecule has 0 aromatic carbocycles. The molecule has 22 heavy (non-hydrogen) atoms. The molecule has 0 aromatic rings. The number of hydrogen-bond acceptors (Lipinski definition) is 4. The van der Waals surface area contributed by atoms with Crippen LogP contribution in [0.4, 0.5) is 0 Å². The van der Waals surface area contributed by atoms with Crippen LogP contribution in [0.1, 0.15) is 44.9 Å². The highest BCUT2D eigenvalue weighted by Crippen LogP contribution is 2.34. The molecule has 0 spiro atoms. The van der Waals surface area contributed by atoms with Gasteiger partial charge in [0.15, 0.2) is 0 Å². The summed E-state index contributed by atoms with van der Waals surface area (Å²) in [7, 11) is 0. The van der Waals surface area contributed by atoms with Crippen LogP contribution in [0.15, 0.2) is 0 Å². The Morgan fingerprint density at radius 2 is 1.86 bits per heavy atom. The van der Waals surface area contributed by atoms with Gasteiger partial charge in [-0.1, -0.05) is 19.3 Å². The summed E-state index contributed by atoms with van der Waals surface area (Å²) in [4.78, 5) is 14.8. The largest absolute Gasteiger partial charge is 0.381 e. The zero-order valence-corrected chi connectivity index (χ0v) is 13.6. The van der Waals surface area contributed by atoms with Crippen LogP contribution in [-0.2, 0) is 14.3 Å². The van der Waals surface area contributed by atoms with Gasteiger partial charge in [0, 0.05) is 44.8 Å². The predicted octanol–water partition coefficient (Wildman–Crippen LogP) is 1.56. The van der Waals surface area contributed by atoms with Gasteiger partial charge in [0.25, 0.3) is 0 Å². The van der Waals surface area contributed by atoms with Gasteiger partial charge in [-0.3, -0.25) is 9.69 Å². The molecule has 5 heteroatoms. The second-order valence-corrected chi connectivity index (χ2v) is 7.09. The van der Waals surface area contributed by atoms with Crippen molar-refractivity contribution < 1.29 is 14.3 Å². The SMILES string of the molecule is O=C(C[C@@H]1CCOC1)NCC1(N2CCOCC2)CCCCC1. The summed E-state index contributed by atoms with van der Waals surface area (Å²) >= 11 is 0. The zero-order valence-electron chi connectivity index (χ0n) is 13.6. The van der Waals surface area contributed by atoms with Gasteiger partial charge in [0.05, 0.1) is 13.2 Å². The molecule has 3 aliphatic rings. The van der Waals surface area contributed by atoms with Crippen molar-refractivity contribution in [3.8, 4) is 0 Å². The highest BCUT2D eigenvalue weighted by molar-refractivity contribution is 5.76. The first kappa shape index (κ1) is 16.2. The Kier molecular flexibility index (Phi) is 5.71. The van der Waals surface area contributed by atoms with E-state index in [1.165, 1.54) is 32.1 Å². The second-order valence-electron chi connectivity index (χ2n) is 7.09. The van der Waals surface area contributed by atoms with E-state index in [0.29, 0.717) is 12.3 Å². The molecule has 1 atom stereocenters. The minimum Gasteiger partial charge on any atom is -0.381 e. The average Bonchev–Trinajstić information content (AvgIpc) is 3.08. The van der Waals surface area contributed by atoms with Crippen LogP contribution in [0.5, 0.6) is 0 Å². The third-order valence-corrected chi connectivity index (χ3v) is 5.58. The summed E-state index contributed by atoms with van der Waals surface area (Å²) in [6, 6.07) is 0. The third-order valence-electron chi connectivity index (χ3n) is 5.58. The number of nitrogens with one attached hydrogen (secondary N) is 1. The molecule has 1 saturated carbocycles. The third kappa shape index (κ3) is 4.00. The molecule has 0 unspecified atom stereocenters. The lowest BCUT2D eigenvalue weighted by atomic mass is 9.79. The smallest absolute Gasteiger partial charge is 0.220 e. The van der Waals surface area contributed by atoms with E-state index in [9.17, 15) is 4.79 Å². The number of nitrogens with zero attached hydrogens (tertiary/aromatic N) is 1. The number of ether oxygens (including phenoxy) is 2. The van der Waals surface area contributed by atoms with E-state index in [2.05, 4.69) is 10.2 Å². The van der Waals surface area contributed by atoms with Crippen LogP contribution in [-0.4, -0.2) is 62.4 Å². The van der Waals surface area contributed by atoms with Gasteiger partial charge >= 0.3 is 0 Å². The van der Waals surface area contributed by atoms with Gasteiger partial charge in [-0.15, -0.1) is 0 Å². The van der Waals surface area contributed by atoms with E-state index < -0.39 is 0 Å². The second kappa shape index (κ2) is 7.75. The molecule has 0 radical (unpaired) electrons. The van der Waals surface area contributed by atoms with E-state index in [0.717, 1.165) is 52.5 Å². The zero-order chi connectivity index (χ0) is 15.3. The lowest BCUT2D eigenvalue weighted by molar-refractivity contribution is -0.123. The van der Waals surface area contributed by atoms with Gasteiger partial charge in [-0.25, -0.2) is 0 Å². The quantitative estimate of drug-likeness (QED) is 0.837. The molecule has 0 bridgehead atoms. The fourth-order valence-corrected chi connectivity index (χ4v) is 4.19. The topological polar surface area (TPSA) is 50.8 Å². The summed E-state index contributed by atoms with van der Waals surface area (Å²) < 4.78 is 10.9. The van der Waals surface area contributed by atoms with Crippen LogP contribution >= 0.6 is 0 Å². The van der Waals surface area contributed by atoms with Crippen molar-refractivity contribution in [3.05, 3.63) is 0 Å².